The highest BCUT2D eigenvalue weighted by atomic mass is 16.1. The Morgan fingerprint density at radius 3 is 2.66 bits per heavy atom. The number of aromatic nitrogens is 2. The van der Waals surface area contributed by atoms with Crippen LogP contribution in [0.5, 0.6) is 0 Å². The lowest BCUT2D eigenvalue weighted by atomic mass is 9.92. The van der Waals surface area contributed by atoms with Gasteiger partial charge in [0.1, 0.15) is 18.0 Å². The molecule has 1 aliphatic rings. The van der Waals surface area contributed by atoms with Gasteiger partial charge in [0.25, 0.3) is 0 Å². The van der Waals surface area contributed by atoms with E-state index in [0.29, 0.717) is 18.9 Å². The van der Waals surface area contributed by atoms with Gasteiger partial charge in [-0.2, -0.15) is 0 Å². The van der Waals surface area contributed by atoms with Gasteiger partial charge in [0, 0.05) is 38.7 Å². The molecular weight excluding hydrogens is 362 g/mol. The molecule has 156 valence electrons. The van der Waals surface area contributed by atoms with Crippen LogP contribution in [0.1, 0.15) is 50.2 Å². The fourth-order valence-electron chi connectivity index (χ4n) is 3.65. The maximum Gasteiger partial charge on any atom is 0.220 e. The predicted molar refractivity (Wildman–Crippen MR) is 118 cm³/mol. The van der Waals surface area contributed by atoms with Crippen molar-refractivity contribution in [2.45, 2.75) is 52.5 Å². The lowest BCUT2D eigenvalue weighted by Crippen LogP contribution is -2.34. The average Bonchev–Trinajstić information content (AvgIpc) is 2.76. The first-order valence-corrected chi connectivity index (χ1v) is 10.8. The molecule has 1 amide bonds. The van der Waals surface area contributed by atoms with Crippen molar-refractivity contribution in [3.63, 3.8) is 0 Å². The molecule has 1 aliphatic heterocycles. The number of aryl methyl sites for hydroxylation is 1. The van der Waals surface area contributed by atoms with Crippen molar-refractivity contribution >= 4 is 17.5 Å². The Morgan fingerprint density at radius 2 is 1.93 bits per heavy atom. The van der Waals surface area contributed by atoms with Crippen LogP contribution in [0.3, 0.4) is 0 Å². The Kier molecular flexibility index (Phi) is 7.85. The Morgan fingerprint density at radius 1 is 1.17 bits per heavy atom. The first-order valence-electron chi connectivity index (χ1n) is 10.8. The molecule has 6 heteroatoms. The van der Waals surface area contributed by atoms with E-state index in [1.54, 1.807) is 6.33 Å². The van der Waals surface area contributed by atoms with Gasteiger partial charge in [-0.05, 0) is 44.1 Å². The van der Waals surface area contributed by atoms with E-state index < -0.39 is 0 Å². The van der Waals surface area contributed by atoms with Crippen molar-refractivity contribution in [1.82, 2.24) is 15.3 Å². The Hall–Kier alpha value is -2.63. The molecule has 3 rings (SSSR count). The molecule has 0 saturated carbocycles. The first kappa shape index (κ1) is 21.1. The zero-order valence-electron chi connectivity index (χ0n) is 17.7. The summed E-state index contributed by atoms with van der Waals surface area (Å²) < 4.78 is 0. The van der Waals surface area contributed by atoms with Crippen molar-refractivity contribution in [1.29, 1.82) is 0 Å². The molecule has 0 atom stereocenters. The number of anilines is 2. The molecule has 6 nitrogen and oxygen atoms in total. The van der Waals surface area contributed by atoms with E-state index in [1.165, 1.54) is 5.56 Å². The van der Waals surface area contributed by atoms with Gasteiger partial charge in [0.05, 0.1) is 0 Å². The third kappa shape index (κ3) is 6.73. The molecule has 0 aliphatic carbocycles. The van der Waals surface area contributed by atoms with E-state index in [4.69, 9.17) is 0 Å². The Balaban J connectivity index is 1.37. The van der Waals surface area contributed by atoms with Crippen LogP contribution in [0.25, 0.3) is 0 Å². The molecule has 1 aromatic heterocycles. The number of benzene rings is 1. The van der Waals surface area contributed by atoms with Crippen LogP contribution in [0.15, 0.2) is 36.7 Å². The number of nitrogens with zero attached hydrogens (tertiary/aromatic N) is 3. The van der Waals surface area contributed by atoms with E-state index >= 15 is 0 Å². The monoisotopic (exact) mass is 395 g/mol. The lowest BCUT2D eigenvalue weighted by molar-refractivity contribution is -0.121. The number of hydrogen-bond acceptors (Lipinski definition) is 5. The summed E-state index contributed by atoms with van der Waals surface area (Å²) in [5, 5.41) is 6.36. The summed E-state index contributed by atoms with van der Waals surface area (Å²) in [4.78, 5) is 23.2. The van der Waals surface area contributed by atoms with Crippen molar-refractivity contribution in [2.24, 2.45) is 5.92 Å². The smallest absolute Gasteiger partial charge is 0.220 e. The summed E-state index contributed by atoms with van der Waals surface area (Å²) in [7, 11) is 0. The summed E-state index contributed by atoms with van der Waals surface area (Å²) in [6.45, 7) is 7.72. The summed E-state index contributed by atoms with van der Waals surface area (Å²) in [5.41, 5.74) is 2.39. The zero-order valence-corrected chi connectivity index (χ0v) is 17.7. The van der Waals surface area contributed by atoms with Gasteiger partial charge < -0.3 is 15.5 Å². The summed E-state index contributed by atoms with van der Waals surface area (Å²) >= 11 is 0. The van der Waals surface area contributed by atoms with E-state index in [1.807, 2.05) is 6.07 Å². The number of piperidine rings is 1. The maximum atomic E-state index is 12.2. The molecular formula is C23H33N5O. The maximum absolute atomic E-state index is 12.2. The van der Waals surface area contributed by atoms with Crippen LogP contribution in [-0.4, -0.2) is 35.5 Å². The molecule has 2 heterocycles. The van der Waals surface area contributed by atoms with Gasteiger partial charge in [-0.15, -0.1) is 0 Å². The molecule has 0 unspecified atom stereocenters. The number of carbonyl (C=O) groups excluding carboxylic acids is 1. The highest BCUT2D eigenvalue weighted by molar-refractivity contribution is 5.75. The molecule has 29 heavy (non-hydrogen) atoms. The minimum atomic E-state index is 0.149. The fraction of sp³-hybridized carbons (Fsp3) is 0.522. The van der Waals surface area contributed by atoms with E-state index in [2.05, 4.69) is 63.6 Å². The van der Waals surface area contributed by atoms with Crippen molar-refractivity contribution in [2.75, 3.05) is 29.9 Å². The SMILES string of the molecule is CCCNc1cc(N2CCC(CCC(=O)NCc3ccc(C)cc3)CC2)ncn1. The van der Waals surface area contributed by atoms with Gasteiger partial charge in [-0.25, -0.2) is 9.97 Å². The third-order valence-corrected chi connectivity index (χ3v) is 5.54. The number of rotatable bonds is 9. The van der Waals surface area contributed by atoms with Gasteiger partial charge in [0.2, 0.25) is 5.91 Å². The molecule has 1 saturated heterocycles. The quantitative estimate of drug-likeness (QED) is 0.673. The number of amides is 1. The summed E-state index contributed by atoms with van der Waals surface area (Å²) in [6.07, 6.45) is 6.48. The Labute approximate surface area is 174 Å². The minimum absolute atomic E-state index is 0.149. The molecule has 2 aromatic rings. The van der Waals surface area contributed by atoms with E-state index in [0.717, 1.165) is 62.5 Å². The molecule has 0 spiro atoms. The lowest BCUT2D eigenvalue weighted by Gasteiger charge is -2.32. The third-order valence-electron chi connectivity index (χ3n) is 5.54. The van der Waals surface area contributed by atoms with Crippen LogP contribution < -0.4 is 15.5 Å². The topological polar surface area (TPSA) is 70.2 Å². The largest absolute Gasteiger partial charge is 0.370 e. The average molecular weight is 396 g/mol. The Bertz CT molecular complexity index is 769. The molecule has 0 bridgehead atoms. The predicted octanol–water partition coefficient (Wildman–Crippen LogP) is 3.92. The second kappa shape index (κ2) is 10.8. The van der Waals surface area contributed by atoms with Gasteiger partial charge in [-0.3, -0.25) is 4.79 Å². The van der Waals surface area contributed by atoms with E-state index in [9.17, 15) is 4.79 Å². The summed E-state index contributed by atoms with van der Waals surface area (Å²) in [5.74, 6) is 2.64. The van der Waals surface area contributed by atoms with Gasteiger partial charge in [0.15, 0.2) is 0 Å². The van der Waals surface area contributed by atoms with Gasteiger partial charge >= 0.3 is 0 Å². The van der Waals surface area contributed by atoms with Crippen LogP contribution >= 0.6 is 0 Å². The molecule has 2 N–H and O–H groups in total. The standard InChI is InChI=1S/C23H33N5O/c1-3-12-24-21-15-22(27-17-26-21)28-13-10-19(11-14-28)8-9-23(29)25-16-20-6-4-18(2)5-7-20/h4-7,15,17,19H,3,8-14,16H2,1-2H3,(H,25,29)(H,24,26,27). The van der Waals surface area contributed by atoms with Crippen molar-refractivity contribution < 1.29 is 4.79 Å². The fourth-order valence-corrected chi connectivity index (χ4v) is 3.65. The molecule has 1 fully saturated rings. The summed E-state index contributed by atoms with van der Waals surface area (Å²) in [6, 6.07) is 10.3. The number of nitrogens with one attached hydrogen (secondary N) is 2. The normalized spacial score (nSPS) is 14.6. The van der Waals surface area contributed by atoms with Crippen LogP contribution in [0.4, 0.5) is 11.6 Å². The van der Waals surface area contributed by atoms with Crippen LogP contribution in [0, 0.1) is 12.8 Å². The first-order chi connectivity index (χ1) is 14.1. The molecule has 1 aromatic carbocycles. The van der Waals surface area contributed by atoms with Crippen LogP contribution in [0.2, 0.25) is 0 Å². The highest BCUT2D eigenvalue weighted by Crippen LogP contribution is 2.25. The second-order valence-corrected chi connectivity index (χ2v) is 7.92. The van der Waals surface area contributed by atoms with E-state index in [-0.39, 0.29) is 5.91 Å². The minimum Gasteiger partial charge on any atom is -0.370 e. The van der Waals surface area contributed by atoms with Gasteiger partial charge in [-0.1, -0.05) is 36.8 Å². The van der Waals surface area contributed by atoms with Crippen molar-refractivity contribution in [3.05, 3.63) is 47.8 Å². The van der Waals surface area contributed by atoms with Crippen molar-refractivity contribution in [3.8, 4) is 0 Å². The molecule has 0 radical (unpaired) electrons. The van der Waals surface area contributed by atoms with Crippen LogP contribution in [-0.2, 0) is 11.3 Å². The number of carbonyl (C=O) groups is 1. The second-order valence-electron chi connectivity index (χ2n) is 7.92. The number of hydrogen-bond donors (Lipinski definition) is 2. The highest BCUT2D eigenvalue weighted by Gasteiger charge is 2.21. The zero-order chi connectivity index (χ0) is 20.5.